The fourth-order valence-electron chi connectivity index (χ4n) is 3.28. The summed E-state index contributed by atoms with van der Waals surface area (Å²) < 4.78 is 4.97. The van der Waals surface area contributed by atoms with Crippen LogP contribution in [0.25, 0.3) is 0 Å². The molecule has 1 aliphatic rings. The van der Waals surface area contributed by atoms with E-state index in [-0.39, 0.29) is 27.7 Å². The Bertz CT molecular complexity index is 907. The second-order valence-electron chi connectivity index (χ2n) is 7.44. The molecule has 166 valence electrons. The number of methoxy groups -OCH3 is 1. The lowest BCUT2D eigenvalue weighted by molar-refractivity contribution is -0.126. The quantitative estimate of drug-likeness (QED) is 0.602. The summed E-state index contributed by atoms with van der Waals surface area (Å²) in [6.07, 6.45) is 1.97. The number of likely N-dealkylation sites (tertiary alicyclic amines) is 1. The van der Waals surface area contributed by atoms with Crippen LogP contribution in [0.5, 0.6) is 0 Å². The first-order valence-corrected chi connectivity index (χ1v) is 11.1. The second kappa shape index (κ2) is 11.0. The summed E-state index contributed by atoms with van der Waals surface area (Å²) in [7, 11) is 1.63. The number of amides is 3. The fraction of sp³-hybridized carbons (Fsp3) is 0.476. The van der Waals surface area contributed by atoms with E-state index in [1.165, 1.54) is 0 Å². The molecule has 1 aromatic heterocycles. The van der Waals surface area contributed by atoms with Gasteiger partial charge in [-0.25, -0.2) is 0 Å². The highest BCUT2D eigenvalue weighted by molar-refractivity contribution is 7.15. The molecule has 0 saturated carbocycles. The first-order valence-electron chi connectivity index (χ1n) is 10.3. The molecule has 0 aliphatic carbocycles. The summed E-state index contributed by atoms with van der Waals surface area (Å²) in [6.45, 7) is 4.11. The Labute approximate surface area is 185 Å². The number of hydrogen-bond acceptors (Lipinski definition) is 7. The number of aryl methyl sites for hydroxylation is 1. The molecular weight excluding hydrogens is 418 g/mol. The number of piperidine rings is 1. The maximum atomic E-state index is 12.7. The molecule has 0 atom stereocenters. The van der Waals surface area contributed by atoms with Crippen LogP contribution in [0.2, 0.25) is 0 Å². The van der Waals surface area contributed by atoms with Crippen LogP contribution in [0, 0.1) is 12.8 Å². The van der Waals surface area contributed by atoms with Gasteiger partial charge in [-0.2, -0.15) is 0 Å². The van der Waals surface area contributed by atoms with Crippen LogP contribution in [-0.4, -0.2) is 66.2 Å². The predicted molar refractivity (Wildman–Crippen MR) is 117 cm³/mol. The van der Waals surface area contributed by atoms with Crippen molar-refractivity contribution in [2.45, 2.75) is 26.2 Å². The third-order valence-corrected chi connectivity index (χ3v) is 6.00. The molecule has 31 heavy (non-hydrogen) atoms. The number of benzene rings is 1. The van der Waals surface area contributed by atoms with Crippen molar-refractivity contribution < 1.29 is 19.1 Å². The van der Waals surface area contributed by atoms with Gasteiger partial charge in [-0.3, -0.25) is 14.4 Å². The van der Waals surface area contributed by atoms with E-state index in [0.29, 0.717) is 44.8 Å². The van der Waals surface area contributed by atoms with Crippen LogP contribution in [-0.2, 0) is 9.53 Å². The van der Waals surface area contributed by atoms with Gasteiger partial charge in [0.25, 0.3) is 11.8 Å². The average Bonchev–Trinajstić information content (AvgIpc) is 3.28. The molecule has 2 N–H and O–H groups in total. The predicted octanol–water partition coefficient (Wildman–Crippen LogP) is 2.10. The molecule has 0 radical (unpaired) electrons. The van der Waals surface area contributed by atoms with Crippen LogP contribution in [0.1, 0.15) is 44.4 Å². The summed E-state index contributed by atoms with van der Waals surface area (Å²) in [5.41, 5.74) is 1.75. The van der Waals surface area contributed by atoms with Gasteiger partial charge in [0.15, 0.2) is 0 Å². The molecule has 2 heterocycles. The monoisotopic (exact) mass is 445 g/mol. The topological polar surface area (TPSA) is 114 Å². The Hall–Kier alpha value is -2.85. The standard InChI is InChI=1S/C21H27N5O4S/c1-14-4-6-16(7-5-14)23-18(28)19-24-25-20(31-19)21(29)26-11-8-15(9-12-26)17(27)22-10-3-13-30-2/h4-7,15H,3,8-13H2,1-2H3,(H,22,27)(H,23,28). The SMILES string of the molecule is COCCCNC(=O)C1CCN(C(=O)c2nnc(C(=O)Nc3ccc(C)cc3)s2)CC1. The van der Waals surface area contributed by atoms with Gasteiger partial charge in [-0.1, -0.05) is 29.0 Å². The highest BCUT2D eigenvalue weighted by atomic mass is 32.1. The van der Waals surface area contributed by atoms with E-state index in [1.807, 2.05) is 19.1 Å². The molecule has 0 spiro atoms. The minimum Gasteiger partial charge on any atom is -0.385 e. The van der Waals surface area contributed by atoms with Gasteiger partial charge in [-0.05, 0) is 38.3 Å². The molecule has 1 saturated heterocycles. The molecule has 1 fully saturated rings. The minimum atomic E-state index is -0.399. The Balaban J connectivity index is 1.49. The van der Waals surface area contributed by atoms with Crippen LogP contribution >= 0.6 is 11.3 Å². The van der Waals surface area contributed by atoms with Gasteiger partial charge in [0, 0.05) is 45.0 Å². The van der Waals surface area contributed by atoms with Crippen molar-refractivity contribution in [2.24, 2.45) is 5.92 Å². The molecular formula is C21H27N5O4S. The molecule has 0 bridgehead atoms. The fourth-order valence-corrected chi connectivity index (χ4v) is 3.98. The van der Waals surface area contributed by atoms with Crippen molar-refractivity contribution in [3.8, 4) is 0 Å². The largest absolute Gasteiger partial charge is 0.385 e. The van der Waals surface area contributed by atoms with Crippen molar-refractivity contribution in [1.29, 1.82) is 0 Å². The molecule has 2 aromatic rings. The summed E-state index contributed by atoms with van der Waals surface area (Å²) >= 11 is 0.971. The zero-order valence-electron chi connectivity index (χ0n) is 17.7. The number of anilines is 1. The average molecular weight is 446 g/mol. The van der Waals surface area contributed by atoms with Gasteiger partial charge in [-0.15, -0.1) is 10.2 Å². The number of hydrogen-bond donors (Lipinski definition) is 2. The lowest BCUT2D eigenvalue weighted by Gasteiger charge is -2.30. The summed E-state index contributed by atoms with van der Waals surface area (Å²) in [5.74, 6) is -0.735. The van der Waals surface area contributed by atoms with Crippen LogP contribution in [0.4, 0.5) is 5.69 Å². The lowest BCUT2D eigenvalue weighted by atomic mass is 9.96. The maximum absolute atomic E-state index is 12.7. The van der Waals surface area contributed by atoms with Crippen LogP contribution in [0.15, 0.2) is 24.3 Å². The molecule has 10 heteroatoms. The summed E-state index contributed by atoms with van der Waals surface area (Å²) in [4.78, 5) is 39.0. The molecule has 1 aliphatic heterocycles. The molecule has 3 amide bonds. The minimum absolute atomic E-state index is 0.0224. The van der Waals surface area contributed by atoms with Crippen molar-refractivity contribution >= 4 is 34.7 Å². The van der Waals surface area contributed by atoms with Crippen molar-refractivity contribution in [2.75, 3.05) is 38.7 Å². The summed E-state index contributed by atoms with van der Waals surface area (Å²) in [6, 6.07) is 7.40. The Morgan fingerprint density at radius 2 is 1.81 bits per heavy atom. The Morgan fingerprint density at radius 3 is 2.48 bits per heavy atom. The third kappa shape index (κ3) is 6.31. The zero-order chi connectivity index (χ0) is 22.2. The molecule has 1 aromatic carbocycles. The van der Waals surface area contributed by atoms with E-state index in [1.54, 1.807) is 24.1 Å². The highest BCUT2D eigenvalue weighted by Crippen LogP contribution is 2.21. The zero-order valence-corrected chi connectivity index (χ0v) is 18.5. The number of rotatable bonds is 8. The normalized spacial score (nSPS) is 14.3. The number of ether oxygens (including phenoxy) is 1. The van der Waals surface area contributed by atoms with Crippen molar-refractivity contribution in [3.63, 3.8) is 0 Å². The molecule has 3 rings (SSSR count). The van der Waals surface area contributed by atoms with Gasteiger partial charge < -0.3 is 20.3 Å². The van der Waals surface area contributed by atoms with E-state index in [9.17, 15) is 14.4 Å². The first-order chi connectivity index (χ1) is 15.0. The Kier molecular flexibility index (Phi) is 8.07. The number of nitrogens with one attached hydrogen (secondary N) is 2. The number of nitrogens with zero attached hydrogens (tertiary/aromatic N) is 3. The number of aromatic nitrogens is 2. The number of carbonyl (C=O) groups is 3. The summed E-state index contributed by atoms with van der Waals surface area (Å²) in [5, 5.41) is 13.8. The number of carbonyl (C=O) groups excluding carboxylic acids is 3. The van der Waals surface area contributed by atoms with E-state index in [0.717, 1.165) is 23.3 Å². The lowest BCUT2D eigenvalue weighted by Crippen LogP contribution is -2.43. The van der Waals surface area contributed by atoms with E-state index in [2.05, 4.69) is 20.8 Å². The Morgan fingerprint density at radius 1 is 1.13 bits per heavy atom. The molecule has 9 nitrogen and oxygen atoms in total. The third-order valence-electron chi connectivity index (χ3n) is 5.09. The van der Waals surface area contributed by atoms with Gasteiger partial charge >= 0.3 is 0 Å². The van der Waals surface area contributed by atoms with Crippen molar-refractivity contribution in [3.05, 3.63) is 39.8 Å². The van der Waals surface area contributed by atoms with E-state index >= 15 is 0 Å². The first kappa shape index (κ1) is 22.8. The van der Waals surface area contributed by atoms with Crippen LogP contribution < -0.4 is 10.6 Å². The van der Waals surface area contributed by atoms with Gasteiger partial charge in [0.2, 0.25) is 15.9 Å². The van der Waals surface area contributed by atoms with Crippen molar-refractivity contribution in [1.82, 2.24) is 20.4 Å². The van der Waals surface area contributed by atoms with E-state index in [4.69, 9.17) is 4.74 Å². The smallest absolute Gasteiger partial charge is 0.286 e. The van der Waals surface area contributed by atoms with Gasteiger partial charge in [0.1, 0.15) is 0 Å². The maximum Gasteiger partial charge on any atom is 0.286 e. The van der Waals surface area contributed by atoms with Gasteiger partial charge in [0.05, 0.1) is 0 Å². The highest BCUT2D eigenvalue weighted by Gasteiger charge is 2.29. The van der Waals surface area contributed by atoms with Crippen LogP contribution in [0.3, 0.4) is 0 Å². The molecule has 0 unspecified atom stereocenters. The second-order valence-corrected chi connectivity index (χ2v) is 8.41. The van der Waals surface area contributed by atoms with E-state index < -0.39 is 5.91 Å².